The predicted molar refractivity (Wildman–Crippen MR) is 86.3 cm³/mol. The Labute approximate surface area is 132 Å². The zero-order valence-corrected chi connectivity index (χ0v) is 13.4. The lowest BCUT2D eigenvalue weighted by atomic mass is 10.2. The molecule has 0 fully saturated rings. The van der Waals surface area contributed by atoms with Crippen LogP contribution in [0.5, 0.6) is 0 Å². The van der Waals surface area contributed by atoms with Crippen LogP contribution in [0.15, 0.2) is 47.1 Å². The molecular formula is C16H17BrN2O2. The van der Waals surface area contributed by atoms with E-state index in [2.05, 4.69) is 26.2 Å². The van der Waals surface area contributed by atoms with E-state index >= 15 is 0 Å². The summed E-state index contributed by atoms with van der Waals surface area (Å²) < 4.78 is 6.04. The summed E-state index contributed by atoms with van der Waals surface area (Å²) in [5.41, 5.74) is 2.45. The summed E-state index contributed by atoms with van der Waals surface area (Å²) in [4.78, 5) is 16.0. The molecule has 2 aromatic rings. The zero-order chi connectivity index (χ0) is 15.1. The lowest BCUT2D eigenvalue weighted by Crippen LogP contribution is -2.06. The third kappa shape index (κ3) is 4.86. The third-order valence-corrected chi connectivity index (χ3v) is 3.29. The van der Waals surface area contributed by atoms with Crippen molar-refractivity contribution in [1.29, 1.82) is 0 Å². The first-order valence-corrected chi connectivity index (χ1v) is 7.60. The monoisotopic (exact) mass is 348 g/mol. The summed E-state index contributed by atoms with van der Waals surface area (Å²) in [6, 6.07) is 11.2. The van der Waals surface area contributed by atoms with Crippen molar-refractivity contribution in [2.75, 3.05) is 11.9 Å². The number of anilines is 1. The molecule has 0 atom stereocenters. The van der Waals surface area contributed by atoms with Crippen LogP contribution in [0.4, 0.5) is 5.69 Å². The number of hydrogen-bond acceptors (Lipinski definition) is 4. The zero-order valence-electron chi connectivity index (χ0n) is 11.8. The van der Waals surface area contributed by atoms with E-state index in [0.717, 1.165) is 22.3 Å². The fourth-order valence-electron chi connectivity index (χ4n) is 1.71. The van der Waals surface area contributed by atoms with E-state index in [1.54, 1.807) is 18.3 Å². The average molecular weight is 349 g/mol. The van der Waals surface area contributed by atoms with Crippen molar-refractivity contribution in [3.8, 4) is 0 Å². The number of rotatable bonds is 6. The number of benzene rings is 1. The second-order valence-corrected chi connectivity index (χ2v) is 5.45. The Hall–Kier alpha value is -1.88. The molecule has 1 heterocycles. The van der Waals surface area contributed by atoms with Crippen LogP contribution in [0.3, 0.4) is 0 Å². The van der Waals surface area contributed by atoms with Gasteiger partial charge in [-0.2, -0.15) is 0 Å². The third-order valence-electron chi connectivity index (χ3n) is 2.82. The van der Waals surface area contributed by atoms with Crippen LogP contribution < -0.4 is 5.32 Å². The van der Waals surface area contributed by atoms with Gasteiger partial charge in [0, 0.05) is 16.4 Å². The van der Waals surface area contributed by atoms with Gasteiger partial charge in [-0.05, 0) is 58.7 Å². The minimum absolute atomic E-state index is 0.280. The van der Waals surface area contributed by atoms with E-state index in [-0.39, 0.29) is 5.97 Å². The highest BCUT2D eigenvalue weighted by Crippen LogP contribution is 2.13. The molecule has 0 aliphatic heterocycles. The largest absolute Gasteiger partial charge is 0.462 e. The molecule has 0 aliphatic rings. The number of halogens is 1. The van der Waals surface area contributed by atoms with Gasteiger partial charge in [0.2, 0.25) is 0 Å². The molecule has 4 nitrogen and oxygen atoms in total. The number of carbonyl (C=O) groups excluding carboxylic acids is 1. The summed E-state index contributed by atoms with van der Waals surface area (Å²) in [7, 11) is 0. The lowest BCUT2D eigenvalue weighted by molar-refractivity contribution is 0.0505. The molecule has 0 bridgehead atoms. The molecule has 2 rings (SSSR count). The first-order valence-electron chi connectivity index (χ1n) is 6.80. The van der Waals surface area contributed by atoms with Crippen molar-refractivity contribution in [1.82, 2.24) is 4.98 Å². The minimum atomic E-state index is -0.280. The Balaban J connectivity index is 1.90. The van der Waals surface area contributed by atoms with Crippen LogP contribution in [0, 0.1) is 0 Å². The van der Waals surface area contributed by atoms with Crippen LogP contribution >= 0.6 is 15.9 Å². The normalized spacial score (nSPS) is 10.2. The van der Waals surface area contributed by atoms with Gasteiger partial charge in [-0.1, -0.05) is 6.92 Å². The van der Waals surface area contributed by atoms with Crippen LogP contribution in [0.1, 0.15) is 29.4 Å². The van der Waals surface area contributed by atoms with Gasteiger partial charge < -0.3 is 10.1 Å². The van der Waals surface area contributed by atoms with Gasteiger partial charge in [0.1, 0.15) is 0 Å². The fraction of sp³-hybridized carbons (Fsp3) is 0.250. The molecule has 0 spiro atoms. The number of nitrogens with one attached hydrogen (secondary N) is 1. The Kier molecular flexibility index (Phi) is 5.75. The van der Waals surface area contributed by atoms with Gasteiger partial charge in [0.25, 0.3) is 0 Å². The molecule has 0 saturated carbocycles. The molecular weight excluding hydrogens is 332 g/mol. The van der Waals surface area contributed by atoms with Crippen molar-refractivity contribution in [2.45, 2.75) is 19.9 Å². The molecule has 1 N–H and O–H groups in total. The van der Waals surface area contributed by atoms with E-state index < -0.39 is 0 Å². The van der Waals surface area contributed by atoms with Gasteiger partial charge in [-0.15, -0.1) is 0 Å². The van der Waals surface area contributed by atoms with Crippen molar-refractivity contribution >= 4 is 27.6 Å². The first kappa shape index (κ1) is 15.5. The second-order valence-electron chi connectivity index (χ2n) is 4.53. The van der Waals surface area contributed by atoms with Gasteiger partial charge in [-0.25, -0.2) is 4.79 Å². The predicted octanol–water partition coefficient (Wildman–Crippen LogP) is 4.02. The highest BCUT2D eigenvalue weighted by Gasteiger charge is 2.06. The number of carbonyl (C=O) groups is 1. The van der Waals surface area contributed by atoms with E-state index in [4.69, 9.17) is 4.74 Å². The first-order chi connectivity index (χ1) is 10.2. The van der Waals surface area contributed by atoms with Gasteiger partial charge in [0.15, 0.2) is 0 Å². The quantitative estimate of drug-likeness (QED) is 0.801. The van der Waals surface area contributed by atoms with Crippen molar-refractivity contribution in [3.05, 3.63) is 58.3 Å². The van der Waals surface area contributed by atoms with Crippen LogP contribution in [-0.2, 0) is 11.3 Å². The molecule has 0 radical (unpaired) electrons. The van der Waals surface area contributed by atoms with E-state index in [1.807, 2.05) is 31.2 Å². The number of esters is 1. The Morgan fingerprint density at radius 1 is 1.24 bits per heavy atom. The fourth-order valence-corrected chi connectivity index (χ4v) is 1.94. The maximum absolute atomic E-state index is 11.7. The van der Waals surface area contributed by atoms with Gasteiger partial charge in [-0.3, -0.25) is 4.98 Å². The number of aromatic nitrogens is 1. The number of hydrogen-bond donors (Lipinski definition) is 1. The molecule has 5 heteroatoms. The Bertz CT molecular complexity index is 582. The Morgan fingerprint density at radius 2 is 2.00 bits per heavy atom. The standard InChI is InChI=1S/C16H17BrN2O2/c1-2-9-21-16(20)12-3-6-14(7-4-12)19-11-15-8-5-13(17)10-18-15/h3-8,10,19H,2,9,11H2,1H3. The van der Waals surface area contributed by atoms with Crippen molar-refractivity contribution in [3.63, 3.8) is 0 Å². The van der Waals surface area contributed by atoms with Crippen LogP contribution in [-0.4, -0.2) is 17.6 Å². The minimum Gasteiger partial charge on any atom is -0.462 e. The molecule has 0 unspecified atom stereocenters. The average Bonchev–Trinajstić information content (AvgIpc) is 2.52. The lowest BCUT2D eigenvalue weighted by Gasteiger charge is -2.07. The number of pyridine rings is 1. The number of ether oxygens (including phenoxy) is 1. The summed E-state index contributed by atoms with van der Waals surface area (Å²) >= 11 is 3.35. The van der Waals surface area contributed by atoms with Crippen LogP contribution in [0.2, 0.25) is 0 Å². The van der Waals surface area contributed by atoms with Crippen molar-refractivity contribution < 1.29 is 9.53 Å². The Morgan fingerprint density at radius 3 is 2.62 bits per heavy atom. The highest BCUT2D eigenvalue weighted by molar-refractivity contribution is 9.10. The summed E-state index contributed by atoms with van der Waals surface area (Å²) in [6.07, 6.45) is 2.59. The molecule has 1 aromatic carbocycles. The topological polar surface area (TPSA) is 51.2 Å². The smallest absolute Gasteiger partial charge is 0.338 e. The van der Waals surface area contributed by atoms with Gasteiger partial charge >= 0.3 is 5.97 Å². The SMILES string of the molecule is CCCOC(=O)c1ccc(NCc2ccc(Br)cn2)cc1. The molecule has 0 amide bonds. The van der Waals surface area contributed by atoms with Gasteiger partial charge in [0.05, 0.1) is 24.4 Å². The summed E-state index contributed by atoms with van der Waals surface area (Å²) in [5.74, 6) is -0.280. The summed E-state index contributed by atoms with van der Waals surface area (Å²) in [6.45, 7) is 3.05. The molecule has 1 aromatic heterocycles. The molecule has 0 aliphatic carbocycles. The molecule has 110 valence electrons. The molecule has 0 saturated heterocycles. The molecule has 21 heavy (non-hydrogen) atoms. The summed E-state index contributed by atoms with van der Waals surface area (Å²) in [5, 5.41) is 3.26. The van der Waals surface area contributed by atoms with Crippen LogP contribution in [0.25, 0.3) is 0 Å². The highest BCUT2D eigenvalue weighted by atomic mass is 79.9. The van der Waals surface area contributed by atoms with Crippen molar-refractivity contribution in [2.24, 2.45) is 0 Å². The number of nitrogens with zero attached hydrogens (tertiary/aromatic N) is 1. The van der Waals surface area contributed by atoms with E-state index in [9.17, 15) is 4.79 Å². The van der Waals surface area contributed by atoms with E-state index in [0.29, 0.717) is 18.7 Å². The van der Waals surface area contributed by atoms with E-state index in [1.165, 1.54) is 0 Å². The maximum atomic E-state index is 11.7. The second kappa shape index (κ2) is 7.78. The maximum Gasteiger partial charge on any atom is 0.338 e.